The number of ether oxygens (including phenoxy) is 1. The van der Waals surface area contributed by atoms with Gasteiger partial charge in [0.25, 0.3) is 0 Å². The molecular weight excluding hydrogens is 298 g/mol. The Kier molecular flexibility index (Phi) is 4.92. The molecule has 0 bridgehead atoms. The predicted molar refractivity (Wildman–Crippen MR) is 99.2 cm³/mol. The maximum atomic E-state index is 12.2. The molecule has 1 amide bonds. The Balaban J connectivity index is 1.70. The van der Waals surface area contributed by atoms with Crippen molar-refractivity contribution in [2.75, 3.05) is 11.9 Å². The maximum absolute atomic E-state index is 12.2. The minimum Gasteiger partial charge on any atom is -0.494 e. The van der Waals surface area contributed by atoms with Crippen LogP contribution in [0.3, 0.4) is 0 Å². The highest BCUT2D eigenvalue weighted by molar-refractivity contribution is 6.07. The van der Waals surface area contributed by atoms with Gasteiger partial charge in [-0.15, -0.1) is 0 Å². The van der Waals surface area contributed by atoms with E-state index in [1.54, 1.807) is 6.08 Å². The minimum absolute atomic E-state index is 0.153. The number of hydrogen-bond acceptors (Lipinski definition) is 2. The predicted octanol–water partition coefficient (Wildman–Crippen LogP) is 4.89. The fourth-order valence-electron chi connectivity index (χ4n) is 2.52. The summed E-state index contributed by atoms with van der Waals surface area (Å²) in [5.74, 6) is 0.676. The molecule has 0 radical (unpaired) electrons. The first-order valence-corrected chi connectivity index (χ1v) is 7.96. The van der Waals surface area contributed by atoms with E-state index in [9.17, 15) is 4.79 Å². The molecule has 3 nitrogen and oxygen atoms in total. The number of amides is 1. The number of hydrogen-bond donors (Lipinski definition) is 1. The van der Waals surface area contributed by atoms with Crippen LogP contribution >= 0.6 is 0 Å². The summed E-state index contributed by atoms with van der Waals surface area (Å²) in [5, 5.41) is 5.07. The summed E-state index contributed by atoms with van der Waals surface area (Å²) in [6.07, 6.45) is 3.33. The smallest absolute Gasteiger partial charge is 0.248 e. The zero-order valence-electron chi connectivity index (χ0n) is 13.5. The Morgan fingerprint density at radius 2 is 1.75 bits per heavy atom. The van der Waals surface area contributed by atoms with Crippen LogP contribution < -0.4 is 10.1 Å². The third-order valence-electron chi connectivity index (χ3n) is 3.67. The molecule has 0 aliphatic carbocycles. The highest BCUT2D eigenvalue weighted by Crippen LogP contribution is 2.23. The first-order chi connectivity index (χ1) is 11.8. The van der Waals surface area contributed by atoms with Crippen molar-refractivity contribution in [2.45, 2.75) is 6.92 Å². The van der Waals surface area contributed by atoms with Gasteiger partial charge in [-0.05, 0) is 42.1 Å². The molecule has 0 heterocycles. The van der Waals surface area contributed by atoms with E-state index in [1.807, 2.05) is 73.7 Å². The van der Waals surface area contributed by atoms with Crippen LogP contribution in [-0.4, -0.2) is 12.5 Å². The number of fused-ring (bicyclic) bond motifs is 1. The molecular formula is C21H19NO2. The number of anilines is 1. The lowest BCUT2D eigenvalue weighted by molar-refractivity contribution is -0.111. The lowest BCUT2D eigenvalue weighted by atomic mass is 10.1. The van der Waals surface area contributed by atoms with E-state index in [0.29, 0.717) is 6.61 Å². The largest absolute Gasteiger partial charge is 0.494 e. The second-order valence-corrected chi connectivity index (χ2v) is 5.35. The molecule has 3 aromatic rings. The molecule has 0 unspecified atom stereocenters. The third-order valence-corrected chi connectivity index (χ3v) is 3.67. The van der Waals surface area contributed by atoms with E-state index < -0.39 is 0 Å². The molecule has 24 heavy (non-hydrogen) atoms. The van der Waals surface area contributed by atoms with Crippen molar-refractivity contribution < 1.29 is 9.53 Å². The van der Waals surface area contributed by atoms with Crippen LogP contribution in [-0.2, 0) is 4.79 Å². The minimum atomic E-state index is -0.153. The number of carbonyl (C=O) groups is 1. The van der Waals surface area contributed by atoms with Crippen LogP contribution in [0.2, 0.25) is 0 Å². The Bertz CT molecular complexity index is 861. The van der Waals surface area contributed by atoms with E-state index >= 15 is 0 Å². The molecule has 0 saturated heterocycles. The summed E-state index contributed by atoms with van der Waals surface area (Å²) in [7, 11) is 0. The van der Waals surface area contributed by atoms with Crippen molar-refractivity contribution in [3.05, 3.63) is 78.4 Å². The van der Waals surface area contributed by atoms with E-state index in [-0.39, 0.29) is 5.91 Å². The van der Waals surface area contributed by atoms with Gasteiger partial charge in [0.15, 0.2) is 0 Å². The molecule has 0 atom stereocenters. The van der Waals surface area contributed by atoms with Crippen molar-refractivity contribution in [3.63, 3.8) is 0 Å². The van der Waals surface area contributed by atoms with Gasteiger partial charge in [-0.3, -0.25) is 4.79 Å². The normalized spacial score (nSPS) is 10.9. The van der Waals surface area contributed by atoms with Gasteiger partial charge < -0.3 is 10.1 Å². The van der Waals surface area contributed by atoms with Gasteiger partial charge in [0.2, 0.25) is 5.91 Å². The number of carbonyl (C=O) groups excluding carboxylic acids is 1. The standard InChI is InChI=1S/C21H19NO2/c1-2-24-18-13-10-16(11-14-18)12-15-21(23)22-20-9-5-7-17-6-3-4-8-19(17)20/h3-15H,2H2,1H3,(H,22,23). The molecule has 120 valence electrons. The molecule has 0 aliphatic rings. The number of nitrogens with one attached hydrogen (secondary N) is 1. The zero-order chi connectivity index (χ0) is 16.8. The number of benzene rings is 3. The molecule has 1 N–H and O–H groups in total. The van der Waals surface area contributed by atoms with Gasteiger partial charge in [0.1, 0.15) is 5.75 Å². The molecule has 3 rings (SSSR count). The average Bonchev–Trinajstić information content (AvgIpc) is 2.62. The Morgan fingerprint density at radius 1 is 1.00 bits per heavy atom. The highest BCUT2D eigenvalue weighted by atomic mass is 16.5. The van der Waals surface area contributed by atoms with E-state index in [0.717, 1.165) is 27.8 Å². The summed E-state index contributed by atoms with van der Waals surface area (Å²) in [6, 6.07) is 21.5. The van der Waals surface area contributed by atoms with Gasteiger partial charge in [0, 0.05) is 17.1 Å². The van der Waals surface area contributed by atoms with Crippen molar-refractivity contribution >= 4 is 28.4 Å². The van der Waals surface area contributed by atoms with Crippen LogP contribution in [0, 0.1) is 0 Å². The van der Waals surface area contributed by atoms with Crippen molar-refractivity contribution in [1.29, 1.82) is 0 Å². The maximum Gasteiger partial charge on any atom is 0.248 e. The van der Waals surface area contributed by atoms with Crippen molar-refractivity contribution in [3.8, 4) is 5.75 Å². The third kappa shape index (κ3) is 3.82. The second-order valence-electron chi connectivity index (χ2n) is 5.35. The molecule has 0 aromatic heterocycles. The second kappa shape index (κ2) is 7.47. The summed E-state index contributed by atoms with van der Waals surface area (Å²) < 4.78 is 5.40. The summed E-state index contributed by atoms with van der Waals surface area (Å²) >= 11 is 0. The lowest BCUT2D eigenvalue weighted by Crippen LogP contribution is -2.07. The van der Waals surface area contributed by atoms with Gasteiger partial charge in [-0.25, -0.2) is 0 Å². The average molecular weight is 317 g/mol. The van der Waals surface area contributed by atoms with Crippen LogP contribution in [0.1, 0.15) is 12.5 Å². The van der Waals surface area contributed by atoms with Gasteiger partial charge in [-0.1, -0.05) is 48.5 Å². The first-order valence-electron chi connectivity index (χ1n) is 7.96. The Labute approximate surface area is 141 Å². The van der Waals surface area contributed by atoms with Crippen molar-refractivity contribution in [2.24, 2.45) is 0 Å². The monoisotopic (exact) mass is 317 g/mol. The molecule has 3 aromatic carbocycles. The topological polar surface area (TPSA) is 38.3 Å². The SMILES string of the molecule is CCOc1ccc(C=CC(=O)Nc2cccc3ccccc23)cc1. The first kappa shape index (κ1) is 15.8. The van der Waals surface area contributed by atoms with Crippen LogP contribution in [0.5, 0.6) is 5.75 Å². The summed E-state index contributed by atoms with van der Waals surface area (Å²) in [5.41, 5.74) is 1.76. The summed E-state index contributed by atoms with van der Waals surface area (Å²) in [6.45, 7) is 2.59. The number of rotatable bonds is 5. The molecule has 0 saturated carbocycles. The molecule has 0 fully saturated rings. The molecule has 3 heteroatoms. The molecule has 0 aliphatic heterocycles. The van der Waals surface area contributed by atoms with Gasteiger partial charge >= 0.3 is 0 Å². The lowest BCUT2D eigenvalue weighted by Gasteiger charge is -2.06. The zero-order valence-corrected chi connectivity index (χ0v) is 13.5. The summed E-state index contributed by atoms with van der Waals surface area (Å²) in [4.78, 5) is 12.2. The Morgan fingerprint density at radius 3 is 2.54 bits per heavy atom. The quantitative estimate of drug-likeness (QED) is 0.680. The fraction of sp³-hybridized carbons (Fsp3) is 0.0952. The molecule has 0 spiro atoms. The van der Waals surface area contributed by atoms with Crippen molar-refractivity contribution in [1.82, 2.24) is 0 Å². The highest BCUT2D eigenvalue weighted by Gasteiger charge is 2.02. The van der Waals surface area contributed by atoms with E-state index in [4.69, 9.17) is 4.74 Å². The fourth-order valence-corrected chi connectivity index (χ4v) is 2.52. The van der Waals surface area contributed by atoms with Crippen LogP contribution in [0.4, 0.5) is 5.69 Å². The van der Waals surface area contributed by atoms with Gasteiger partial charge in [0.05, 0.1) is 6.61 Å². The van der Waals surface area contributed by atoms with Crippen LogP contribution in [0.25, 0.3) is 16.8 Å². The van der Waals surface area contributed by atoms with Crippen LogP contribution in [0.15, 0.2) is 72.8 Å². The van der Waals surface area contributed by atoms with E-state index in [2.05, 4.69) is 5.32 Å². The Hall–Kier alpha value is -3.07. The van der Waals surface area contributed by atoms with E-state index in [1.165, 1.54) is 6.08 Å². The van der Waals surface area contributed by atoms with Gasteiger partial charge in [-0.2, -0.15) is 0 Å².